The topological polar surface area (TPSA) is 163 Å². The fraction of sp³-hybridized carbons (Fsp3) is 0.194. The van der Waals surface area contributed by atoms with Gasteiger partial charge in [0.05, 0.1) is 28.3 Å². The van der Waals surface area contributed by atoms with E-state index in [1.807, 2.05) is 104 Å². The van der Waals surface area contributed by atoms with E-state index in [9.17, 15) is 15.2 Å². The molecule has 0 spiro atoms. The lowest BCUT2D eigenvalue weighted by Crippen LogP contribution is -2.29. The van der Waals surface area contributed by atoms with Crippen LogP contribution in [0.2, 0.25) is 0 Å². The number of thioether (sulfide) groups is 1. The Kier molecular flexibility index (Phi) is 10.3. The van der Waals surface area contributed by atoms with E-state index in [1.54, 1.807) is 34.3 Å². The number of phenols is 1. The summed E-state index contributed by atoms with van der Waals surface area (Å²) in [6.45, 7) is 4.51. The van der Waals surface area contributed by atoms with Gasteiger partial charge in [-0.3, -0.25) is 9.72 Å². The Hall–Kier alpha value is -5.49. The van der Waals surface area contributed by atoms with Gasteiger partial charge in [-0.2, -0.15) is 22.1 Å². The number of carbonyl (C=O) groups excluding carboxylic acids is 1. The number of urea groups is 1. The maximum absolute atomic E-state index is 13.3. The zero-order chi connectivity index (χ0) is 35.3. The molecule has 3 aromatic carbocycles. The normalized spacial score (nSPS) is 11.3. The van der Waals surface area contributed by atoms with Crippen LogP contribution in [0.15, 0.2) is 101 Å². The Morgan fingerprint density at radius 3 is 2.60 bits per heavy atom. The number of pyridine rings is 1. The van der Waals surface area contributed by atoms with E-state index < -0.39 is 6.03 Å². The van der Waals surface area contributed by atoms with Crippen LogP contribution in [0, 0.1) is 11.3 Å². The van der Waals surface area contributed by atoms with Crippen LogP contribution in [-0.4, -0.2) is 60.1 Å². The Morgan fingerprint density at radius 2 is 1.84 bits per heavy atom. The Bertz CT molecular complexity index is 2190. The fourth-order valence-electron chi connectivity index (χ4n) is 5.02. The van der Waals surface area contributed by atoms with Gasteiger partial charge in [0.15, 0.2) is 11.5 Å². The van der Waals surface area contributed by atoms with Crippen molar-refractivity contribution in [1.82, 2.24) is 29.7 Å². The first-order valence-corrected chi connectivity index (χ1v) is 17.6. The smallest absolute Gasteiger partial charge is 0.320 e. The molecular weight excluding hydrogens is 673 g/mol. The first kappa shape index (κ1) is 34.4. The molecule has 0 atom stereocenters. The second-order valence-electron chi connectivity index (χ2n) is 11.6. The predicted octanol–water partition coefficient (Wildman–Crippen LogP) is 6.60. The highest BCUT2D eigenvalue weighted by Gasteiger charge is 2.25. The summed E-state index contributed by atoms with van der Waals surface area (Å²) in [6, 6.07) is 27.2. The van der Waals surface area contributed by atoms with Crippen LogP contribution in [0.25, 0.3) is 22.7 Å². The number of nitrogens with zero attached hydrogens (tertiary/aromatic N) is 6. The van der Waals surface area contributed by atoms with Crippen molar-refractivity contribution in [3.63, 3.8) is 0 Å². The van der Waals surface area contributed by atoms with Gasteiger partial charge in [0, 0.05) is 34.2 Å². The molecule has 0 fully saturated rings. The van der Waals surface area contributed by atoms with Crippen LogP contribution in [0.3, 0.4) is 0 Å². The van der Waals surface area contributed by atoms with Gasteiger partial charge in [0.25, 0.3) is 0 Å². The van der Waals surface area contributed by atoms with Gasteiger partial charge in [-0.1, -0.05) is 30.0 Å². The molecule has 3 heterocycles. The largest absolute Gasteiger partial charge is 0.507 e. The molecule has 0 aliphatic heterocycles. The number of rotatable bonds is 12. The molecule has 0 aliphatic rings. The maximum atomic E-state index is 13.3. The third-order valence-corrected chi connectivity index (χ3v) is 10.2. The van der Waals surface area contributed by atoms with Crippen molar-refractivity contribution in [3.8, 4) is 34.6 Å². The second kappa shape index (κ2) is 15.0. The summed E-state index contributed by atoms with van der Waals surface area (Å²) in [5, 5.41) is 47.9. The van der Waals surface area contributed by atoms with Crippen LogP contribution in [0.4, 0.5) is 10.6 Å². The lowest BCUT2D eigenvalue weighted by atomic mass is 10.1. The standard InChI is InChI=1S/C36H34N8O4S2/c1-36(2,49-3)31-19-33(44(42-31)26-10-14-29(46)25(18-26)20-37)39-35(47)38-21-24-6-4-5-7-30(24)50-28-13-15-32-40-41-34(43(32)22-28)23-8-11-27(12-9-23)48-17-16-45/h4-15,18-19,22,45-46H,16-17,21H2,1-3H3,(H2,38,39,47). The van der Waals surface area contributed by atoms with Crippen LogP contribution in [-0.2, 0) is 11.3 Å². The number of fused-ring (bicyclic) bond motifs is 1. The summed E-state index contributed by atoms with van der Waals surface area (Å²) in [5.74, 6) is 1.63. The molecule has 3 aromatic heterocycles. The number of anilines is 1. The summed E-state index contributed by atoms with van der Waals surface area (Å²) in [7, 11) is 0. The minimum absolute atomic E-state index is 0.0541. The van der Waals surface area contributed by atoms with Crippen molar-refractivity contribution in [2.24, 2.45) is 0 Å². The van der Waals surface area contributed by atoms with E-state index in [0.29, 0.717) is 28.7 Å². The number of aliphatic hydroxyl groups is 1. The number of aliphatic hydroxyl groups excluding tert-OH is 1. The molecule has 6 aromatic rings. The van der Waals surface area contributed by atoms with E-state index in [0.717, 1.165) is 26.6 Å². The van der Waals surface area contributed by atoms with Crippen LogP contribution < -0.4 is 15.4 Å². The number of ether oxygens (including phenoxy) is 1. The fourth-order valence-corrected chi connectivity index (χ4v) is 6.29. The molecule has 0 saturated carbocycles. The molecule has 0 unspecified atom stereocenters. The lowest BCUT2D eigenvalue weighted by Gasteiger charge is -2.18. The monoisotopic (exact) mass is 706 g/mol. The number of carbonyl (C=O) groups is 1. The van der Waals surface area contributed by atoms with Gasteiger partial charge in [-0.25, -0.2) is 9.48 Å². The number of aromatic nitrogens is 5. The van der Waals surface area contributed by atoms with Gasteiger partial charge in [0.1, 0.15) is 30.0 Å². The van der Waals surface area contributed by atoms with Crippen molar-refractivity contribution in [1.29, 1.82) is 5.26 Å². The molecule has 4 N–H and O–H groups in total. The molecule has 0 radical (unpaired) electrons. The number of nitriles is 1. The Balaban J connectivity index is 1.18. The Morgan fingerprint density at radius 1 is 1.04 bits per heavy atom. The molecule has 0 bridgehead atoms. The second-order valence-corrected chi connectivity index (χ2v) is 14.1. The summed E-state index contributed by atoms with van der Waals surface area (Å²) >= 11 is 3.18. The van der Waals surface area contributed by atoms with Crippen LogP contribution >= 0.6 is 23.5 Å². The quantitative estimate of drug-likeness (QED) is 0.109. The number of aromatic hydroxyl groups is 1. The van der Waals surface area contributed by atoms with Crippen molar-refractivity contribution in [2.75, 3.05) is 24.8 Å². The molecule has 50 heavy (non-hydrogen) atoms. The van der Waals surface area contributed by atoms with Crippen LogP contribution in [0.5, 0.6) is 11.5 Å². The number of hydrogen-bond acceptors (Lipinski definition) is 10. The van der Waals surface area contributed by atoms with Gasteiger partial charge in [0.2, 0.25) is 0 Å². The number of nitrogens with one attached hydrogen (secondary N) is 2. The molecule has 14 heteroatoms. The first-order chi connectivity index (χ1) is 24.2. The highest BCUT2D eigenvalue weighted by molar-refractivity contribution is 7.99. The zero-order valence-electron chi connectivity index (χ0n) is 27.5. The molecule has 0 aliphatic carbocycles. The third-order valence-electron chi connectivity index (χ3n) is 7.91. The summed E-state index contributed by atoms with van der Waals surface area (Å²) in [4.78, 5) is 15.2. The molecule has 12 nitrogen and oxygen atoms in total. The molecule has 6 rings (SSSR count). The van der Waals surface area contributed by atoms with Gasteiger partial charge in [-0.15, -0.1) is 10.2 Å². The average Bonchev–Trinajstić information content (AvgIpc) is 3.75. The van der Waals surface area contributed by atoms with Crippen molar-refractivity contribution in [3.05, 3.63) is 108 Å². The van der Waals surface area contributed by atoms with E-state index in [1.165, 1.54) is 12.1 Å². The van der Waals surface area contributed by atoms with Gasteiger partial charge in [-0.05, 0) is 86.3 Å². The molecule has 0 saturated heterocycles. The lowest BCUT2D eigenvalue weighted by molar-refractivity contribution is 0.201. The summed E-state index contributed by atoms with van der Waals surface area (Å²) in [5.41, 5.74) is 3.86. The number of phenolic OH excluding ortho intramolecular Hbond substituents is 1. The highest BCUT2D eigenvalue weighted by atomic mass is 32.2. The Labute approximate surface area is 297 Å². The summed E-state index contributed by atoms with van der Waals surface area (Å²) in [6.07, 6.45) is 3.97. The molecule has 2 amide bonds. The first-order valence-electron chi connectivity index (χ1n) is 15.6. The maximum Gasteiger partial charge on any atom is 0.320 e. The number of amides is 2. The van der Waals surface area contributed by atoms with Gasteiger partial charge >= 0.3 is 6.03 Å². The number of hydrogen-bond donors (Lipinski definition) is 4. The zero-order valence-corrected chi connectivity index (χ0v) is 29.1. The van der Waals surface area contributed by atoms with E-state index in [2.05, 4.69) is 20.8 Å². The van der Waals surface area contributed by atoms with Crippen LogP contribution in [0.1, 0.15) is 30.7 Å². The highest BCUT2D eigenvalue weighted by Crippen LogP contribution is 2.36. The average molecular weight is 707 g/mol. The van der Waals surface area contributed by atoms with Crippen molar-refractivity contribution >= 4 is 41.0 Å². The van der Waals surface area contributed by atoms with E-state index >= 15 is 0 Å². The molecule has 254 valence electrons. The minimum atomic E-state index is -0.429. The predicted molar refractivity (Wildman–Crippen MR) is 194 cm³/mol. The van der Waals surface area contributed by atoms with Gasteiger partial charge < -0.3 is 20.3 Å². The SMILES string of the molecule is CSC(C)(C)c1cc(NC(=O)NCc2ccccc2Sc2ccc3nnc(-c4ccc(OCCO)cc4)n3c2)n(-c2ccc(O)c(C#N)c2)n1. The minimum Gasteiger partial charge on any atom is -0.507 e. The molecular formula is C36H34N8O4S2. The summed E-state index contributed by atoms with van der Waals surface area (Å²) < 4.78 is 8.63. The number of benzene rings is 3. The van der Waals surface area contributed by atoms with Crippen molar-refractivity contribution in [2.45, 2.75) is 34.9 Å². The van der Waals surface area contributed by atoms with E-state index in [4.69, 9.17) is 14.9 Å². The van der Waals surface area contributed by atoms with E-state index in [-0.39, 0.29) is 35.8 Å². The third kappa shape index (κ3) is 7.55. The van der Waals surface area contributed by atoms with Crippen molar-refractivity contribution < 1.29 is 19.7 Å².